The molecule has 4 rings (SSSR count). The van der Waals surface area contributed by atoms with E-state index in [0.717, 1.165) is 0 Å². The van der Waals surface area contributed by atoms with E-state index in [0.29, 0.717) is 22.9 Å². The number of nitro groups is 2. The standard InChI is InChI=1S/2C8H6N2O4/c2*11-8-4-14-7-2-1-5(10(12)13)3-6(7)9-8/h2*1-3H,4H2,(H,9,11). The third-order valence-electron chi connectivity index (χ3n) is 3.61. The highest BCUT2D eigenvalue weighted by molar-refractivity contribution is 5.96. The number of carbonyl (C=O) groups excluding carboxylic acids is 2. The van der Waals surface area contributed by atoms with Crippen molar-refractivity contribution in [2.45, 2.75) is 0 Å². The number of carbonyl (C=O) groups is 2. The van der Waals surface area contributed by atoms with Gasteiger partial charge in [0.15, 0.2) is 13.2 Å². The van der Waals surface area contributed by atoms with Crippen molar-refractivity contribution in [1.82, 2.24) is 0 Å². The van der Waals surface area contributed by atoms with E-state index in [-0.39, 0.29) is 36.4 Å². The Balaban J connectivity index is 0.000000161. The van der Waals surface area contributed by atoms with E-state index in [1.807, 2.05) is 0 Å². The number of non-ortho nitro benzene ring substituents is 2. The van der Waals surface area contributed by atoms with E-state index >= 15 is 0 Å². The molecule has 12 nitrogen and oxygen atoms in total. The summed E-state index contributed by atoms with van der Waals surface area (Å²) in [6, 6.07) is 8.13. The minimum atomic E-state index is -0.527. The van der Waals surface area contributed by atoms with Gasteiger partial charge in [-0.25, -0.2) is 0 Å². The summed E-state index contributed by atoms with van der Waals surface area (Å²) in [5.74, 6) is 0.293. The van der Waals surface area contributed by atoms with E-state index in [2.05, 4.69) is 10.6 Å². The summed E-state index contributed by atoms with van der Waals surface area (Å²) >= 11 is 0. The first kappa shape index (κ1) is 18.6. The van der Waals surface area contributed by atoms with Gasteiger partial charge < -0.3 is 20.1 Å². The Bertz CT molecular complexity index is 911. The molecule has 0 atom stereocenters. The zero-order chi connectivity index (χ0) is 20.3. The molecule has 12 heteroatoms. The number of nitrogens with one attached hydrogen (secondary N) is 2. The first-order chi connectivity index (χ1) is 13.3. The molecule has 0 bridgehead atoms. The molecular weight excluding hydrogens is 376 g/mol. The zero-order valence-corrected chi connectivity index (χ0v) is 14.0. The van der Waals surface area contributed by atoms with Crippen molar-refractivity contribution in [2.75, 3.05) is 23.8 Å². The van der Waals surface area contributed by atoms with Crippen LogP contribution in [-0.2, 0) is 9.59 Å². The summed E-state index contributed by atoms with van der Waals surface area (Å²) in [6.07, 6.45) is 0. The first-order valence-corrected chi connectivity index (χ1v) is 7.75. The predicted octanol–water partition coefficient (Wildman–Crippen LogP) is 1.85. The van der Waals surface area contributed by atoms with Gasteiger partial charge in [0.25, 0.3) is 23.2 Å². The number of nitrogens with zero attached hydrogens (tertiary/aromatic N) is 2. The highest BCUT2D eigenvalue weighted by Gasteiger charge is 2.19. The van der Waals surface area contributed by atoms with Crippen molar-refractivity contribution in [3.8, 4) is 11.5 Å². The van der Waals surface area contributed by atoms with Gasteiger partial charge in [0.1, 0.15) is 11.5 Å². The lowest BCUT2D eigenvalue weighted by Crippen LogP contribution is -2.25. The fraction of sp³-hybridized carbons (Fsp3) is 0.125. The summed E-state index contributed by atoms with van der Waals surface area (Å²) in [6.45, 7) is -0.102. The number of nitro benzene ring substituents is 2. The van der Waals surface area contributed by atoms with Gasteiger partial charge in [-0.05, 0) is 12.1 Å². The molecule has 2 aliphatic rings. The van der Waals surface area contributed by atoms with Crippen LogP contribution in [0.25, 0.3) is 0 Å². The summed E-state index contributed by atoms with van der Waals surface area (Å²) < 4.78 is 10.1. The van der Waals surface area contributed by atoms with Gasteiger partial charge in [-0.3, -0.25) is 29.8 Å². The third kappa shape index (κ3) is 4.12. The molecule has 2 amide bonds. The Labute approximate surface area is 156 Å². The van der Waals surface area contributed by atoms with E-state index in [9.17, 15) is 29.8 Å². The summed E-state index contributed by atoms with van der Waals surface area (Å²) in [5.41, 5.74) is 0.537. The fourth-order valence-corrected chi connectivity index (χ4v) is 2.37. The third-order valence-corrected chi connectivity index (χ3v) is 3.61. The van der Waals surface area contributed by atoms with E-state index < -0.39 is 9.85 Å². The molecule has 0 aliphatic carbocycles. The molecule has 144 valence electrons. The maximum Gasteiger partial charge on any atom is 0.271 e. The number of amides is 2. The molecule has 2 aromatic carbocycles. The van der Waals surface area contributed by atoms with Gasteiger partial charge in [-0.15, -0.1) is 0 Å². The van der Waals surface area contributed by atoms with E-state index in [1.54, 1.807) is 0 Å². The van der Waals surface area contributed by atoms with Crippen LogP contribution in [0, 0.1) is 20.2 Å². The van der Waals surface area contributed by atoms with Crippen molar-refractivity contribution in [2.24, 2.45) is 0 Å². The summed E-state index contributed by atoms with van der Waals surface area (Å²) in [4.78, 5) is 41.6. The highest BCUT2D eigenvalue weighted by Crippen LogP contribution is 2.31. The number of hydrogen-bond donors (Lipinski definition) is 2. The van der Waals surface area contributed by atoms with Crippen LogP contribution in [0.2, 0.25) is 0 Å². The Kier molecular flexibility index (Phi) is 5.02. The fourth-order valence-electron chi connectivity index (χ4n) is 2.37. The van der Waals surface area contributed by atoms with Gasteiger partial charge >= 0.3 is 0 Å². The Morgan fingerprint density at radius 3 is 1.50 bits per heavy atom. The molecule has 0 fully saturated rings. The normalized spacial score (nSPS) is 13.9. The van der Waals surface area contributed by atoms with Crippen LogP contribution >= 0.6 is 0 Å². The van der Waals surface area contributed by atoms with Crippen LogP contribution < -0.4 is 20.1 Å². The van der Waals surface area contributed by atoms with E-state index in [4.69, 9.17) is 9.47 Å². The molecule has 2 aliphatic heterocycles. The number of hydrogen-bond acceptors (Lipinski definition) is 8. The quantitative estimate of drug-likeness (QED) is 0.581. The summed E-state index contributed by atoms with van der Waals surface area (Å²) in [5, 5.41) is 25.8. The number of rotatable bonds is 2. The second-order valence-corrected chi connectivity index (χ2v) is 5.55. The van der Waals surface area contributed by atoms with Gasteiger partial charge in [0.2, 0.25) is 0 Å². The number of benzene rings is 2. The largest absolute Gasteiger partial charge is 0.482 e. The minimum absolute atomic E-state index is 0.0508. The number of ether oxygens (including phenoxy) is 2. The van der Waals surface area contributed by atoms with Crippen LogP contribution in [0.3, 0.4) is 0 Å². The van der Waals surface area contributed by atoms with Gasteiger partial charge in [0.05, 0.1) is 21.2 Å². The molecule has 0 unspecified atom stereocenters. The van der Waals surface area contributed by atoms with Crippen molar-refractivity contribution in [3.05, 3.63) is 56.6 Å². The number of fused-ring (bicyclic) bond motifs is 2. The molecule has 0 radical (unpaired) electrons. The Morgan fingerprint density at radius 2 is 1.14 bits per heavy atom. The lowest BCUT2D eigenvalue weighted by atomic mass is 10.2. The molecule has 2 aromatic rings. The van der Waals surface area contributed by atoms with Crippen molar-refractivity contribution in [3.63, 3.8) is 0 Å². The van der Waals surface area contributed by atoms with Gasteiger partial charge in [0, 0.05) is 24.3 Å². The zero-order valence-electron chi connectivity index (χ0n) is 14.0. The maximum atomic E-state index is 10.9. The maximum absolute atomic E-state index is 10.9. The topological polar surface area (TPSA) is 163 Å². The summed E-state index contributed by atoms with van der Waals surface area (Å²) in [7, 11) is 0. The van der Waals surface area contributed by atoms with Crippen LogP contribution in [0.4, 0.5) is 22.7 Å². The van der Waals surface area contributed by atoms with Crippen molar-refractivity contribution in [1.29, 1.82) is 0 Å². The average molecular weight is 388 g/mol. The average Bonchev–Trinajstić information content (AvgIpc) is 2.67. The van der Waals surface area contributed by atoms with Crippen LogP contribution in [0.5, 0.6) is 11.5 Å². The smallest absolute Gasteiger partial charge is 0.271 e. The number of anilines is 2. The second kappa shape index (κ2) is 7.57. The van der Waals surface area contributed by atoms with Gasteiger partial charge in [-0.2, -0.15) is 0 Å². The molecule has 28 heavy (non-hydrogen) atoms. The Hall–Kier alpha value is -4.22. The van der Waals surface area contributed by atoms with Crippen molar-refractivity contribution >= 4 is 34.6 Å². The first-order valence-electron chi connectivity index (χ1n) is 7.75. The van der Waals surface area contributed by atoms with Gasteiger partial charge in [-0.1, -0.05) is 0 Å². The van der Waals surface area contributed by atoms with Crippen LogP contribution in [0.1, 0.15) is 0 Å². The molecule has 0 saturated carbocycles. The lowest BCUT2D eigenvalue weighted by molar-refractivity contribution is -0.385. The SMILES string of the molecule is O=C1COc2ccc([N+](=O)[O-])cc2N1.O=C1COc2ccc([N+](=O)[O-])cc2N1. The highest BCUT2D eigenvalue weighted by atomic mass is 16.6. The van der Waals surface area contributed by atoms with Crippen LogP contribution in [0.15, 0.2) is 36.4 Å². The molecule has 2 heterocycles. The predicted molar refractivity (Wildman–Crippen MR) is 94.4 cm³/mol. The lowest BCUT2D eigenvalue weighted by Gasteiger charge is -2.16. The molecule has 0 saturated heterocycles. The molecular formula is C16H12N4O8. The molecule has 2 N–H and O–H groups in total. The molecule has 0 aromatic heterocycles. The monoisotopic (exact) mass is 388 g/mol. The van der Waals surface area contributed by atoms with Crippen LogP contribution in [-0.4, -0.2) is 34.9 Å². The molecule has 0 spiro atoms. The van der Waals surface area contributed by atoms with E-state index in [1.165, 1.54) is 36.4 Å². The van der Waals surface area contributed by atoms with Crippen molar-refractivity contribution < 1.29 is 28.9 Å². The second-order valence-electron chi connectivity index (χ2n) is 5.55. The Morgan fingerprint density at radius 1 is 0.750 bits per heavy atom. The minimum Gasteiger partial charge on any atom is -0.482 e.